The number of hydrogen-bond donors (Lipinski definition) is 2. The number of carbonyl (C=O) groups excluding carboxylic acids is 1. The summed E-state index contributed by atoms with van der Waals surface area (Å²) in [5.74, 6) is -1.15. The third-order valence-corrected chi connectivity index (χ3v) is 3.62. The van der Waals surface area contributed by atoms with E-state index in [1.165, 1.54) is 6.07 Å². The SMILES string of the molecule is CC(Nc1ccccc1)(C(N)=O)c1ccc(Br)cc1F. The Kier molecular flexibility index (Phi) is 4.09. The number of primary amides is 1. The highest BCUT2D eigenvalue weighted by Gasteiger charge is 2.35. The lowest BCUT2D eigenvalue weighted by atomic mass is 9.90. The van der Waals surface area contributed by atoms with E-state index in [4.69, 9.17) is 5.73 Å². The maximum absolute atomic E-state index is 14.1. The molecule has 0 saturated heterocycles. The maximum atomic E-state index is 14.1. The first kappa shape index (κ1) is 14.5. The first-order chi connectivity index (χ1) is 9.43. The van der Waals surface area contributed by atoms with Crippen LogP contribution in [0.1, 0.15) is 12.5 Å². The average molecular weight is 337 g/mol. The van der Waals surface area contributed by atoms with Crippen molar-refractivity contribution in [3.63, 3.8) is 0 Å². The summed E-state index contributed by atoms with van der Waals surface area (Å²) in [4.78, 5) is 11.8. The molecule has 0 saturated carbocycles. The lowest BCUT2D eigenvalue weighted by Gasteiger charge is -2.29. The molecular formula is C15H14BrFN2O. The third kappa shape index (κ3) is 2.82. The van der Waals surface area contributed by atoms with Crippen molar-refractivity contribution in [2.75, 3.05) is 5.32 Å². The van der Waals surface area contributed by atoms with Gasteiger partial charge in [0.05, 0.1) is 0 Å². The molecule has 0 fully saturated rings. The van der Waals surface area contributed by atoms with Crippen molar-refractivity contribution in [1.82, 2.24) is 0 Å². The van der Waals surface area contributed by atoms with E-state index in [2.05, 4.69) is 21.2 Å². The van der Waals surface area contributed by atoms with Crippen molar-refractivity contribution < 1.29 is 9.18 Å². The van der Waals surface area contributed by atoms with Crippen molar-refractivity contribution >= 4 is 27.5 Å². The number of nitrogens with two attached hydrogens (primary N) is 1. The summed E-state index contributed by atoms with van der Waals surface area (Å²) in [7, 11) is 0. The summed E-state index contributed by atoms with van der Waals surface area (Å²) in [6.45, 7) is 1.56. The molecule has 0 bridgehead atoms. The van der Waals surface area contributed by atoms with E-state index in [0.717, 1.165) is 0 Å². The Balaban J connectivity index is 2.47. The minimum Gasteiger partial charge on any atom is -0.368 e. The summed E-state index contributed by atoms with van der Waals surface area (Å²) in [6.07, 6.45) is 0. The van der Waals surface area contributed by atoms with E-state index in [-0.39, 0.29) is 5.56 Å². The second-order valence-electron chi connectivity index (χ2n) is 4.60. The van der Waals surface area contributed by atoms with E-state index >= 15 is 0 Å². The van der Waals surface area contributed by atoms with Crippen LogP contribution in [0, 0.1) is 5.82 Å². The lowest BCUT2D eigenvalue weighted by molar-refractivity contribution is -0.122. The number of amides is 1. The fourth-order valence-electron chi connectivity index (χ4n) is 1.97. The molecule has 0 heterocycles. The van der Waals surface area contributed by atoms with E-state index in [1.807, 2.05) is 18.2 Å². The van der Waals surface area contributed by atoms with Crippen LogP contribution in [0.4, 0.5) is 10.1 Å². The van der Waals surface area contributed by atoms with E-state index in [1.54, 1.807) is 31.2 Å². The summed E-state index contributed by atoms with van der Waals surface area (Å²) in [5.41, 5.74) is 5.05. The summed E-state index contributed by atoms with van der Waals surface area (Å²) >= 11 is 3.19. The Morgan fingerprint density at radius 2 is 1.90 bits per heavy atom. The lowest BCUT2D eigenvalue weighted by Crippen LogP contribution is -2.45. The van der Waals surface area contributed by atoms with Gasteiger partial charge in [-0.05, 0) is 31.2 Å². The molecule has 1 atom stereocenters. The number of rotatable bonds is 4. The van der Waals surface area contributed by atoms with Crippen LogP contribution in [0.25, 0.3) is 0 Å². The van der Waals surface area contributed by atoms with Crippen LogP contribution < -0.4 is 11.1 Å². The quantitative estimate of drug-likeness (QED) is 0.898. The molecule has 2 rings (SSSR count). The molecule has 5 heteroatoms. The largest absolute Gasteiger partial charge is 0.368 e. The number of halogens is 2. The number of para-hydroxylation sites is 1. The van der Waals surface area contributed by atoms with Crippen molar-refractivity contribution in [3.05, 3.63) is 64.4 Å². The molecule has 0 aromatic heterocycles. The van der Waals surface area contributed by atoms with Gasteiger partial charge in [-0.15, -0.1) is 0 Å². The molecule has 0 spiro atoms. The van der Waals surface area contributed by atoms with E-state index < -0.39 is 17.3 Å². The van der Waals surface area contributed by atoms with E-state index in [9.17, 15) is 9.18 Å². The molecule has 0 aliphatic heterocycles. The average Bonchev–Trinajstić information content (AvgIpc) is 2.39. The van der Waals surface area contributed by atoms with Gasteiger partial charge in [0.15, 0.2) is 0 Å². The van der Waals surface area contributed by atoms with Gasteiger partial charge in [0, 0.05) is 15.7 Å². The zero-order valence-corrected chi connectivity index (χ0v) is 12.4. The highest BCUT2D eigenvalue weighted by atomic mass is 79.9. The van der Waals surface area contributed by atoms with Gasteiger partial charge in [-0.25, -0.2) is 4.39 Å². The molecule has 3 nitrogen and oxygen atoms in total. The molecule has 2 aromatic carbocycles. The minimum absolute atomic E-state index is 0.206. The highest BCUT2D eigenvalue weighted by molar-refractivity contribution is 9.10. The molecular weight excluding hydrogens is 323 g/mol. The van der Waals surface area contributed by atoms with Crippen LogP contribution in [0.15, 0.2) is 53.0 Å². The molecule has 3 N–H and O–H groups in total. The van der Waals surface area contributed by atoms with Gasteiger partial charge < -0.3 is 11.1 Å². The topological polar surface area (TPSA) is 55.1 Å². The van der Waals surface area contributed by atoms with Gasteiger partial charge >= 0.3 is 0 Å². The Morgan fingerprint density at radius 1 is 1.25 bits per heavy atom. The zero-order chi connectivity index (χ0) is 14.8. The number of anilines is 1. The first-order valence-electron chi connectivity index (χ1n) is 6.02. The van der Waals surface area contributed by atoms with Crippen LogP contribution in [-0.4, -0.2) is 5.91 Å². The molecule has 0 aliphatic carbocycles. The smallest absolute Gasteiger partial charge is 0.247 e. The van der Waals surface area contributed by atoms with Crippen LogP contribution in [0.3, 0.4) is 0 Å². The molecule has 104 valence electrons. The molecule has 2 aromatic rings. The molecule has 1 amide bonds. The molecule has 0 radical (unpaired) electrons. The molecule has 0 aliphatic rings. The van der Waals surface area contributed by atoms with Crippen molar-refractivity contribution in [3.8, 4) is 0 Å². The summed E-state index contributed by atoms with van der Waals surface area (Å²) in [5, 5.41) is 3.00. The normalized spacial score (nSPS) is 13.6. The molecule has 20 heavy (non-hydrogen) atoms. The second kappa shape index (κ2) is 5.63. The van der Waals surface area contributed by atoms with Crippen molar-refractivity contribution in [2.24, 2.45) is 5.73 Å². The predicted molar refractivity (Wildman–Crippen MR) is 80.7 cm³/mol. The van der Waals surface area contributed by atoms with Gasteiger partial charge in [-0.3, -0.25) is 4.79 Å². The Bertz CT molecular complexity index is 633. The minimum atomic E-state index is -1.33. The monoisotopic (exact) mass is 336 g/mol. The Labute approximate surface area is 125 Å². The fraction of sp³-hybridized carbons (Fsp3) is 0.133. The molecule has 1 unspecified atom stereocenters. The van der Waals surface area contributed by atoms with Gasteiger partial charge in [0.2, 0.25) is 5.91 Å². The highest BCUT2D eigenvalue weighted by Crippen LogP contribution is 2.29. The predicted octanol–water partition coefficient (Wildman–Crippen LogP) is 3.40. The number of nitrogens with one attached hydrogen (secondary N) is 1. The van der Waals surface area contributed by atoms with Crippen LogP contribution in [0.2, 0.25) is 0 Å². The van der Waals surface area contributed by atoms with Gasteiger partial charge in [0.25, 0.3) is 0 Å². The Hall–Kier alpha value is -1.88. The van der Waals surface area contributed by atoms with Gasteiger partial charge in [-0.1, -0.05) is 40.2 Å². The van der Waals surface area contributed by atoms with Gasteiger partial charge in [0.1, 0.15) is 11.4 Å². The number of benzene rings is 2. The van der Waals surface area contributed by atoms with Crippen LogP contribution in [0.5, 0.6) is 0 Å². The summed E-state index contributed by atoms with van der Waals surface area (Å²) < 4.78 is 14.7. The van der Waals surface area contributed by atoms with E-state index in [0.29, 0.717) is 10.2 Å². The van der Waals surface area contributed by atoms with Crippen molar-refractivity contribution in [1.29, 1.82) is 0 Å². The number of hydrogen-bond acceptors (Lipinski definition) is 2. The standard InChI is InChI=1S/C15H14BrFN2O/c1-15(14(18)20,19-11-5-3-2-4-6-11)12-8-7-10(16)9-13(12)17/h2-9,19H,1H3,(H2,18,20). The number of carbonyl (C=O) groups is 1. The maximum Gasteiger partial charge on any atom is 0.247 e. The Morgan fingerprint density at radius 3 is 2.45 bits per heavy atom. The summed E-state index contributed by atoms with van der Waals surface area (Å²) in [6, 6.07) is 13.6. The van der Waals surface area contributed by atoms with Crippen molar-refractivity contribution in [2.45, 2.75) is 12.5 Å². The van der Waals surface area contributed by atoms with Crippen LogP contribution in [-0.2, 0) is 10.3 Å². The third-order valence-electron chi connectivity index (χ3n) is 3.13. The second-order valence-corrected chi connectivity index (χ2v) is 5.52. The zero-order valence-electron chi connectivity index (χ0n) is 10.9. The van der Waals surface area contributed by atoms with Crippen LogP contribution >= 0.6 is 15.9 Å². The fourth-order valence-corrected chi connectivity index (χ4v) is 2.30. The first-order valence-corrected chi connectivity index (χ1v) is 6.81. The van der Waals surface area contributed by atoms with Gasteiger partial charge in [-0.2, -0.15) is 0 Å².